The summed E-state index contributed by atoms with van der Waals surface area (Å²) in [4.78, 5) is 11.1. The summed E-state index contributed by atoms with van der Waals surface area (Å²) in [6.45, 7) is 2.56. The van der Waals surface area contributed by atoms with E-state index in [1.165, 1.54) is 19.3 Å². The van der Waals surface area contributed by atoms with E-state index in [9.17, 15) is 4.79 Å². The topological polar surface area (TPSA) is 26.3 Å². The van der Waals surface area contributed by atoms with Gasteiger partial charge in [0.2, 0.25) is 0 Å². The molecule has 0 aliphatic heterocycles. The first-order chi connectivity index (χ1) is 6.81. The molecule has 0 aromatic heterocycles. The molecule has 3 heteroatoms. The first-order valence-corrected chi connectivity index (χ1v) is 5.72. The zero-order chi connectivity index (χ0) is 10.6. The maximum absolute atomic E-state index is 11.1. The lowest BCUT2D eigenvalue weighted by molar-refractivity contribution is -0.143. The summed E-state index contributed by atoms with van der Waals surface area (Å²) in [7, 11) is 0. The summed E-state index contributed by atoms with van der Waals surface area (Å²) in [5.41, 5.74) is 0. The van der Waals surface area contributed by atoms with Crippen LogP contribution in [0.15, 0.2) is 0 Å². The number of esters is 1. The Balaban J connectivity index is 3.14. The number of unbranched alkanes of at least 4 members (excludes halogenated alkanes) is 4. The van der Waals surface area contributed by atoms with Gasteiger partial charge in [-0.1, -0.05) is 44.8 Å². The van der Waals surface area contributed by atoms with Crippen molar-refractivity contribution in [2.24, 2.45) is 0 Å². The first kappa shape index (κ1) is 13.6. The van der Waals surface area contributed by atoms with Gasteiger partial charge in [0.1, 0.15) is 0 Å². The Labute approximate surface area is 92.0 Å². The third-order valence-electron chi connectivity index (χ3n) is 1.95. The Hall–Kier alpha value is -0.440. The largest absolute Gasteiger partial charge is 0.465 e. The van der Waals surface area contributed by atoms with Crippen LogP contribution >= 0.6 is 12.2 Å². The Morgan fingerprint density at radius 3 is 2.64 bits per heavy atom. The lowest BCUT2D eigenvalue weighted by Crippen LogP contribution is -2.05. The molecule has 0 amide bonds. The molecule has 0 bridgehead atoms. The fraction of sp³-hybridized carbons (Fsp3) is 0.818. The monoisotopic (exact) mass is 215 g/mol. The van der Waals surface area contributed by atoms with Crippen LogP contribution in [0, 0.1) is 0 Å². The number of hydrogen-bond acceptors (Lipinski definition) is 3. The molecule has 0 aliphatic rings. The molecule has 0 heterocycles. The van der Waals surface area contributed by atoms with Gasteiger partial charge in [-0.25, -0.2) is 0 Å². The molecule has 0 aromatic carbocycles. The van der Waals surface area contributed by atoms with Crippen molar-refractivity contribution in [3.8, 4) is 0 Å². The normalized spacial score (nSPS) is 9.79. The average Bonchev–Trinajstić information content (AvgIpc) is 2.18. The second-order valence-electron chi connectivity index (χ2n) is 3.28. The van der Waals surface area contributed by atoms with Crippen molar-refractivity contribution in [3.63, 3.8) is 0 Å². The van der Waals surface area contributed by atoms with E-state index in [-0.39, 0.29) is 5.97 Å². The zero-order valence-corrected chi connectivity index (χ0v) is 9.70. The summed E-state index contributed by atoms with van der Waals surface area (Å²) < 4.78 is 4.92. The van der Waals surface area contributed by atoms with Crippen LogP contribution in [0.3, 0.4) is 0 Å². The maximum Gasteiger partial charge on any atom is 0.305 e. The minimum atomic E-state index is -0.105. The molecule has 0 aliphatic carbocycles. The zero-order valence-electron chi connectivity index (χ0n) is 8.88. The highest BCUT2D eigenvalue weighted by Gasteiger charge is 2.01. The molecule has 0 spiro atoms. The van der Waals surface area contributed by atoms with Crippen LogP contribution in [0.1, 0.15) is 51.9 Å². The number of rotatable bonds is 9. The van der Waals surface area contributed by atoms with Gasteiger partial charge in [0.15, 0.2) is 0 Å². The fourth-order valence-corrected chi connectivity index (χ4v) is 1.23. The molecule has 1 radical (unpaired) electrons. The first-order valence-electron chi connectivity index (χ1n) is 5.32. The van der Waals surface area contributed by atoms with Gasteiger partial charge in [0.25, 0.3) is 0 Å². The molecule has 0 saturated carbocycles. The van der Waals surface area contributed by atoms with Crippen LogP contribution < -0.4 is 0 Å². The molecule has 0 N–H and O–H groups in total. The van der Waals surface area contributed by atoms with E-state index >= 15 is 0 Å². The van der Waals surface area contributed by atoms with Crippen molar-refractivity contribution in [2.45, 2.75) is 51.9 Å². The fourth-order valence-electron chi connectivity index (χ4n) is 1.15. The standard InChI is InChI=1S/C11H19O2S/c1-2-3-4-5-6-8-11(12)13-9-7-10-14/h2-9H2,1H3. The Kier molecular flexibility index (Phi) is 10.3. The van der Waals surface area contributed by atoms with Gasteiger partial charge in [-0.15, -0.1) is 0 Å². The highest BCUT2D eigenvalue weighted by molar-refractivity contribution is 7.78. The van der Waals surface area contributed by atoms with Crippen molar-refractivity contribution >= 4 is 23.6 Å². The van der Waals surface area contributed by atoms with Crippen molar-refractivity contribution in [2.75, 3.05) is 6.61 Å². The minimum Gasteiger partial charge on any atom is -0.465 e. The molecule has 0 aromatic rings. The number of thiocarbonyl (C=S) groups is 1. The summed E-state index contributed by atoms with van der Waals surface area (Å²) in [6, 6.07) is 0. The van der Waals surface area contributed by atoms with Crippen LogP contribution in [0.5, 0.6) is 0 Å². The molecule has 0 unspecified atom stereocenters. The molecule has 2 nitrogen and oxygen atoms in total. The van der Waals surface area contributed by atoms with Gasteiger partial charge >= 0.3 is 5.97 Å². The van der Waals surface area contributed by atoms with E-state index in [1.807, 2.05) is 0 Å². The summed E-state index contributed by atoms with van der Waals surface area (Å²) >= 11 is 4.50. The van der Waals surface area contributed by atoms with Gasteiger partial charge in [-0.2, -0.15) is 0 Å². The third kappa shape index (κ3) is 9.65. The lowest BCUT2D eigenvalue weighted by atomic mass is 10.1. The number of carbonyl (C=O) groups excluding carboxylic acids is 1. The van der Waals surface area contributed by atoms with Crippen LogP contribution in [0.2, 0.25) is 0 Å². The number of ether oxygens (including phenoxy) is 1. The van der Waals surface area contributed by atoms with E-state index in [0.717, 1.165) is 12.8 Å². The number of carbonyl (C=O) groups is 1. The minimum absolute atomic E-state index is 0.105. The molecular formula is C11H19O2S. The van der Waals surface area contributed by atoms with Crippen molar-refractivity contribution < 1.29 is 9.53 Å². The second-order valence-corrected chi connectivity index (χ2v) is 3.57. The molecule has 14 heavy (non-hydrogen) atoms. The summed E-state index contributed by atoms with van der Waals surface area (Å²) in [5.74, 6) is -0.105. The van der Waals surface area contributed by atoms with E-state index in [1.54, 1.807) is 0 Å². The molecular weight excluding hydrogens is 196 g/mol. The van der Waals surface area contributed by atoms with Crippen molar-refractivity contribution in [3.05, 3.63) is 0 Å². The van der Waals surface area contributed by atoms with E-state index in [2.05, 4.69) is 24.5 Å². The summed E-state index contributed by atoms with van der Waals surface area (Å²) in [5, 5.41) is 2.51. The van der Waals surface area contributed by atoms with Gasteiger partial charge in [0.05, 0.1) is 6.61 Å². The van der Waals surface area contributed by atoms with E-state index in [0.29, 0.717) is 19.4 Å². The Bertz CT molecular complexity index is 157. The molecule has 0 saturated heterocycles. The van der Waals surface area contributed by atoms with Crippen molar-refractivity contribution in [1.82, 2.24) is 0 Å². The number of hydrogen-bond donors (Lipinski definition) is 0. The van der Waals surface area contributed by atoms with Crippen molar-refractivity contribution in [1.29, 1.82) is 0 Å². The average molecular weight is 215 g/mol. The maximum atomic E-state index is 11.1. The Morgan fingerprint density at radius 1 is 1.29 bits per heavy atom. The summed E-state index contributed by atoms with van der Waals surface area (Å²) in [6.07, 6.45) is 6.88. The lowest BCUT2D eigenvalue weighted by Gasteiger charge is -2.02. The predicted molar refractivity (Wildman–Crippen MR) is 61.6 cm³/mol. The Morgan fingerprint density at radius 2 is 2.00 bits per heavy atom. The van der Waals surface area contributed by atoms with Crippen LogP contribution in [0.25, 0.3) is 0 Å². The second kappa shape index (κ2) is 10.6. The predicted octanol–water partition coefficient (Wildman–Crippen LogP) is 3.16. The molecule has 0 fully saturated rings. The van der Waals surface area contributed by atoms with Crippen LogP contribution in [-0.2, 0) is 9.53 Å². The van der Waals surface area contributed by atoms with Crippen LogP contribution in [-0.4, -0.2) is 17.9 Å². The molecule has 81 valence electrons. The van der Waals surface area contributed by atoms with Gasteiger partial charge in [-0.05, 0) is 6.42 Å². The SMILES string of the molecule is CCCCCCCC(=O)OCC[C]=S. The third-order valence-corrected chi connectivity index (χ3v) is 2.16. The molecule has 0 atom stereocenters. The molecule has 0 rings (SSSR count). The van der Waals surface area contributed by atoms with Gasteiger partial charge < -0.3 is 4.74 Å². The smallest absolute Gasteiger partial charge is 0.305 e. The quantitative estimate of drug-likeness (QED) is 0.336. The van der Waals surface area contributed by atoms with Gasteiger partial charge in [-0.3, -0.25) is 4.79 Å². The highest BCUT2D eigenvalue weighted by atomic mass is 32.1. The van der Waals surface area contributed by atoms with Gasteiger partial charge in [0, 0.05) is 18.2 Å². The highest BCUT2D eigenvalue weighted by Crippen LogP contribution is 2.05. The van der Waals surface area contributed by atoms with E-state index < -0.39 is 0 Å². The van der Waals surface area contributed by atoms with Crippen LogP contribution in [0.4, 0.5) is 0 Å². The van der Waals surface area contributed by atoms with E-state index in [4.69, 9.17) is 4.74 Å².